The minimum absolute atomic E-state index is 0.394. The number of aryl methyl sites for hydroxylation is 1. The van der Waals surface area contributed by atoms with Gasteiger partial charge in [0.15, 0.2) is 0 Å². The highest BCUT2D eigenvalue weighted by Crippen LogP contribution is 2.22. The Balaban J connectivity index is 2.24. The highest BCUT2D eigenvalue weighted by molar-refractivity contribution is 9.10. The van der Waals surface area contributed by atoms with Gasteiger partial charge in [0.1, 0.15) is 6.04 Å². The van der Waals surface area contributed by atoms with Gasteiger partial charge in [0.05, 0.1) is 0 Å². The third kappa shape index (κ3) is 3.61. The number of nitrogens with two attached hydrogens (primary N) is 1. The number of primary amides is 1. The molecule has 0 aliphatic carbocycles. The molecule has 0 aliphatic heterocycles. The van der Waals surface area contributed by atoms with Gasteiger partial charge in [0.25, 0.3) is 0 Å². The zero-order valence-electron chi connectivity index (χ0n) is 11.3. The molecule has 0 radical (unpaired) electrons. The van der Waals surface area contributed by atoms with Gasteiger partial charge in [-0.3, -0.25) is 4.79 Å². The lowest BCUT2D eigenvalue weighted by Gasteiger charge is -2.17. The van der Waals surface area contributed by atoms with Crippen LogP contribution in [0.4, 0.5) is 5.69 Å². The number of halogens is 1. The first-order valence-corrected chi connectivity index (χ1v) is 7.29. The summed E-state index contributed by atoms with van der Waals surface area (Å²) in [5.41, 5.74) is 8.47. The Labute approximate surface area is 127 Å². The first kappa shape index (κ1) is 14.6. The van der Waals surface area contributed by atoms with Crippen LogP contribution in [0.2, 0.25) is 0 Å². The molecule has 0 fully saturated rings. The lowest BCUT2D eigenvalue weighted by atomic mass is 10.0. The van der Waals surface area contributed by atoms with Crippen molar-refractivity contribution in [3.8, 4) is 0 Å². The number of hydrogen-bond donors (Lipinski definition) is 2. The molecule has 2 rings (SSSR count). The van der Waals surface area contributed by atoms with Gasteiger partial charge in [-0.1, -0.05) is 53.2 Å². The van der Waals surface area contributed by atoms with Gasteiger partial charge in [0.2, 0.25) is 5.91 Å². The number of benzene rings is 2. The number of hydrogen-bond acceptors (Lipinski definition) is 2. The van der Waals surface area contributed by atoms with Gasteiger partial charge in [-0.05, 0) is 35.7 Å². The van der Waals surface area contributed by atoms with Crippen molar-refractivity contribution < 1.29 is 4.79 Å². The summed E-state index contributed by atoms with van der Waals surface area (Å²) in [7, 11) is 0. The molecule has 0 saturated heterocycles. The van der Waals surface area contributed by atoms with Crippen LogP contribution in [-0.4, -0.2) is 5.91 Å². The van der Waals surface area contributed by atoms with Crippen molar-refractivity contribution >= 4 is 27.5 Å². The van der Waals surface area contributed by atoms with E-state index in [0.29, 0.717) is 0 Å². The Kier molecular flexibility index (Phi) is 4.79. The largest absolute Gasteiger partial charge is 0.370 e. The van der Waals surface area contributed by atoms with E-state index in [1.54, 1.807) is 0 Å². The maximum absolute atomic E-state index is 11.7. The SMILES string of the molecule is CCc1ccc(C(Nc2cccc(Br)c2)C(N)=O)cc1. The Morgan fingerprint density at radius 1 is 1.25 bits per heavy atom. The first-order chi connectivity index (χ1) is 9.60. The molecular formula is C16H17BrN2O. The van der Waals surface area contributed by atoms with Crippen LogP contribution in [0, 0.1) is 0 Å². The van der Waals surface area contributed by atoms with Gasteiger partial charge in [-0.2, -0.15) is 0 Å². The molecule has 0 bridgehead atoms. The van der Waals surface area contributed by atoms with Gasteiger partial charge < -0.3 is 11.1 Å². The number of rotatable bonds is 5. The van der Waals surface area contributed by atoms with E-state index in [2.05, 4.69) is 28.2 Å². The zero-order chi connectivity index (χ0) is 14.5. The van der Waals surface area contributed by atoms with Crippen LogP contribution in [0.5, 0.6) is 0 Å². The molecular weight excluding hydrogens is 316 g/mol. The summed E-state index contributed by atoms with van der Waals surface area (Å²) in [6.45, 7) is 2.10. The number of nitrogens with one attached hydrogen (secondary N) is 1. The summed E-state index contributed by atoms with van der Waals surface area (Å²) in [5.74, 6) is -0.394. The van der Waals surface area contributed by atoms with Crippen molar-refractivity contribution in [2.24, 2.45) is 5.73 Å². The van der Waals surface area contributed by atoms with Gasteiger partial charge >= 0.3 is 0 Å². The average Bonchev–Trinajstić information content (AvgIpc) is 2.45. The molecule has 4 heteroatoms. The molecule has 0 spiro atoms. The Morgan fingerprint density at radius 3 is 2.50 bits per heavy atom. The minimum Gasteiger partial charge on any atom is -0.370 e. The topological polar surface area (TPSA) is 55.1 Å². The van der Waals surface area contributed by atoms with Crippen molar-refractivity contribution in [2.45, 2.75) is 19.4 Å². The van der Waals surface area contributed by atoms with E-state index in [1.165, 1.54) is 5.56 Å². The van der Waals surface area contributed by atoms with Crippen LogP contribution in [0.25, 0.3) is 0 Å². The second kappa shape index (κ2) is 6.57. The Bertz CT molecular complexity index is 596. The average molecular weight is 333 g/mol. The molecule has 0 heterocycles. The lowest BCUT2D eigenvalue weighted by molar-refractivity contribution is -0.118. The molecule has 3 N–H and O–H groups in total. The number of carbonyl (C=O) groups is 1. The number of amides is 1. The molecule has 2 aromatic carbocycles. The second-order valence-corrected chi connectivity index (χ2v) is 5.50. The molecule has 2 aromatic rings. The van der Waals surface area contributed by atoms with Crippen LogP contribution in [0.1, 0.15) is 24.1 Å². The highest BCUT2D eigenvalue weighted by Gasteiger charge is 2.17. The fraction of sp³-hybridized carbons (Fsp3) is 0.188. The highest BCUT2D eigenvalue weighted by atomic mass is 79.9. The molecule has 1 atom stereocenters. The van der Waals surface area contributed by atoms with Gasteiger partial charge in [-0.25, -0.2) is 0 Å². The third-order valence-electron chi connectivity index (χ3n) is 3.14. The fourth-order valence-electron chi connectivity index (χ4n) is 2.01. The molecule has 20 heavy (non-hydrogen) atoms. The number of anilines is 1. The summed E-state index contributed by atoms with van der Waals surface area (Å²) in [4.78, 5) is 11.7. The van der Waals surface area contributed by atoms with Crippen molar-refractivity contribution in [3.63, 3.8) is 0 Å². The van der Waals surface area contributed by atoms with E-state index < -0.39 is 11.9 Å². The standard InChI is InChI=1S/C16H17BrN2O/c1-2-11-6-8-12(9-7-11)15(16(18)20)19-14-5-3-4-13(17)10-14/h3-10,15,19H,2H2,1H3,(H2,18,20). The van der Waals surface area contributed by atoms with E-state index in [4.69, 9.17) is 5.73 Å². The molecule has 1 unspecified atom stereocenters. The smallest absolute Gasteiger partial charge is 0.244 e. The summed E-state index contributed by atoms with van der Waals surface area (Å²) in [6, 6.07) is 15.1. The van der Waals surface area contributed by atoms with Gasteiger partial charge in [0, 0.05) is 10.2 Å². The maximum atomic E-state index is 11.7. The fourth-order valence-corrected chi connectivity index (χ4v) is 2.41. The molecule has 0 saturated carbocycles. The molecule has 3 nitrogen and oxygen atoms in total. The van der Waals surface area contributed by atoms with E-state index in [0.717, 1.165) is 22.1 Å². The Morgan fingerprint density at radius 2 is 1.95 bits per heavy atom. The Hall–Kier alpha value is -1.81. The minimum atomic E-state index is -0.532. The maximum Gasteiger partial charge on any atom is 0.244 e. The van der Waals surface area contributed by atoms with Crippen LogP contribution < -0.4 is 11.1 Å². The van der Waals surface area contributed by atoms with E-state index >= 15 is 0 Å². The summed E-state index contributed by atoms with van der Waals surface area (Å²) in [5, 5.41) is 3.17. The van der Waals surface area contributed by atoms with Crippen LogP contribution in [-0.2, 0) is 11.2 Å². The van der Waals surface area contributed by atoms with E-state index in [1.807, 2.05) is 48.5 Å². The molecule has 104 valence electrons. The molecule has 0 aliphatic rings. The third-order valence-corrected chi connectivity index (χ3v) is 3.63. The number of carbonyl (C=O) groups excluding carboxylic acids is 1. The van der Waals surface area contributed by atoms with Crippen molar-refractivity contribution in [1.29, 1.82) is 0 Å². The van der Waals surface area contributed by atoms with E-state index in [9.17, 15) is 4.79 Å². The summed E-state index contributed by atoms with van der Waals surface area (Å²) >= 11 is 3.41. The summed E-state index contributed by atoms with van der Waals surface area (Å²) in [6.07, 6.45) is 0.973. The van der Waals surface area contributed by atoms with Gasteiger partial charge in [-0.15, -0.1) is 0 Å². The van der Waals surface area contributed by atoms with Crippen LogP contribution >= 0.6 is 15.9 Å². The normalized spacial score (nSPS) is 11.9. The second-order valence-electron chi connectivity index (χ2n) is 4.59. The molecule has 1 amide bonds. The monoisotopic (exact) mass is 332 g/mol. The van der Waals surface area contributed by atoms with Crippen molar-refractivity contribution in [1.82, 2.24) is 0 Å². The lowest BCUT2D eigenvalue weighted by Crippen LogP contribution is -2.27. The first-order valence-electron chi connectivity index (χ1n) is 6.50. The van der Waals surface area contributed by atoms with Crippen LogP contribution in [0.15, 0.2) is 53.0 Å². The van der Waals surface area contributed by atoms with Crippen molar-refractivity contribution in [2.75, 3.05) is 5.32 Å². The summed E-state index contributed by atoms with van der Waals surface area (Å²) < 4.78 is 0.951. The van der Waals surface area contributed by atoms with Crippen molar-refractivity contribution in [3.05, 3.63) is 64.1 Å². The molecule has 0 aromatic heterocycles. The van der Waals surface area contributed by atoms with E-state index in [-0.39, 0.29) is 0 Å². The predicted molar refractivity (Wildman–Crippen MR) is 85.5 cm³/mol. The van der Waals surface area contributed by atoms with Crippen LogP contribution in [0.3, 0.4) is 0 Å². The predicted octanol–water partition coefficient (Wildman–Crippen LogP) is 3.65. The quantitative estimate of drug-likeness (QED) is 0.877. The zero-order valence-corrected chi connectivity index (χ0v) is 12.9.